The largest absolute Gasteiger partial charge is 0.469 e. The van der Waals surface area contributed by atoms with E-state index in [1.165, 1.54) is 12.0 Å². The summed E-state index contributed by atoms with van der Waals surface area (Å²) in [5.41, 5.74) is 0.741. The number of ether oxygens (including phenoxy) is 1. The van der Waals surface area contributed by atoms with E-state index in [2.05, 4.69) is 5.32 Å². The van der Waals surface area contributed by atoms with Gasteiger partial charge in [0.2, 0.25) is 0 Å². The zero-order valence-electron chi connectivity index (χ0n) is 12.9. The summed E-state index contributed by atoms with van der Waals surface area (Å²) in [7, 11) is 1.42. The predicted octanol–water partition coefficient (Wildman–Crippen LogP) is 1.13. The number of carbonyl (C=O) groups excluding carboxylic acids is 2. The van der Waals surface area contributed by atoms with Gasteiger partial charge in [-0.05, 0) is 31.2 Å². The number of nitrogens with one attached hydrogen (secondary N) is 2. The highest BCUT2D eigenvalue weighted by Crippen LogP contribution is 2.14. The first-order valence-corrected chi connectivity index (χ1v) is 7.88. The summed E-state index contributed by atoms with van der Waals surface area (Å²) in [6, 6.07) is 6.90. The highest BCUT2D eigenvalue weighted by atomic mass is 35.5. The van der Waals surface area contributed by atoms with E-state index in [1.54, 1.807) is 24.3 Å². The summed E-state index contributed by atoms with van der Waals surface area (Å²) in [6.07, 6.45) is 1.53. The standard InChI is InChI=1S/C16H21ClN2O3/c1-11(15(20)18-14-5-3-13(17)4-6-14)19-9-7-12(8-10-19)16(21)22-2/h3-6,11-12H,7-10H2,1-2H3,(H,18,20)/p+1/t11-/m1/s1. The number of rotatable bonds is 4. The van der Waals surface area contributed by atoms with Gasteiger partial charge in [-0.15, -0.1) is 0 Å². The van der Waals surface area contributed by atoms with Crippen LogP contribution < -0.4 is 10.2 Å². The van der Waals surface area contributed by atoms with Crippen molar-refractivity contribution in [2.45, 2.75) is 25.8 Å². The molecule has 6 heteroatoms. The number of halogens is 1. The van der Waals surface area contributed by atoms with Crippen LogP contribution in [0.25, 0.3) is 0 Å². The Morgan fingerprint density at radius 3 is 2.41 bits per heavy atom. The molecule has 1 aromatic carbocycles. The zero-order valence-corrected chi connectivity index (χ0v) is 13.7. The maximum absolute atomic E-state index is 12.3. The topological polar surface area (TPSA) is 59.8 Å². The third-order valence-electron chi connectivity index (χ3n) is 4.28. The molecular weight excluding hydrogens is 304 g/mol. The molecule has 0 aliphatic carbocycles. The Labute approximate surface area is 135 Å². The van der Waals surface area contributed by atoms with E-state index in [0.29, 0.717) is 5.02 Å². The van der Waals surface area contributed by atoms with Gasteiger partial charge in [0.1, 0.15) is 0 Å². The molecule has 1 aromatic rings. The van der Waals surface area contributed by atoms with Crippen molar-refractivity contribution >= 4 is 29.2 Å². The molecular formula is C16H22ClN2O3+. The summed E-state index contributed by atoms with van der Waals surface area (Å²) in [5, 5.41) is 3.54. The number of esters is 1. The van der Waals surface area contributed by atoms with E-state index in [4.69, 9.17) is 16.3 Å². The van der Waals surface area contributed by atoms with Gasteiger partial charge in [0, 0.05) is 23.6 Å². The molecule has 0 radical (unpaired) electrons. The van der Waals surface area contributed by atoms with Gasteiger partial charge in [-0.2, -0.15) is 0 Å². The molecule has 22 heavy (non-hydrogen) atoms. The molecule has 5 nitrogen and oxygen atoms in total. The van der Waals surface area contributed by atoms with Gasteiger partial charge in [-0.1, -0.05) is 11.6 Å². The fourth-order valence-corrected chi connectivity index (χ4v) is 2.92. The van der Waals surface area contributed by atoms with Gasteiger partial charge < -0.3 is 15.0 Å². The summed E-state index contributed by atoms with van der Waals surface area (Å²) in [4.78, 5) is 25.0. The number of methoxy groups -OCH3 is 1. The Kier molecular flexibility index (Phi) is 5.80. The van der Waals surface area contributed by atoms with Crippen molar-refractivity contribution < 1.29 is 19.2 Å². The van der Waals surface area contributed by atoms with E-state index in [9.17, 15) is 9.59 Å². The van der Waals surface area contributed by atoms with Crippen LogP contribution in [0.3, 0.4) is 0 Å². The van der Waals surface area contributed by atoms with Gasteiger partial charge in [-0.25, -0.2) is 0 Å². The molecule has 1 saturated heterocycles. The Morgan fingerprint density at radius 1 is 1.27 bits per heavy atom. The second-order valence-electron chi connectivity index (χ2n) is 5.67. The zero-order chi connectivity index (χ0) is 16.1. The monoisotopic (exact) mass is 325 g/mol. The number of carbonyl (C=O) groups is 2. The molecule has 0 saturated carbocycles. The van der Waals surface area contributed by atoms with Crippen molar-refractivity contribution in [3.05, 3.63) is 29.3 Å². The smallest absolute Gasteiger partial charge is 0.309 e. The van der Waals surface area contributed by atoms with Crippen molar-refractivity contribution in [1.29, 1.82) is 0 Å². The lowest BCUT2D eigenvalue weighted by atomic mass is 9.96. The van der Waals surface area contributed by atoms with Crippen LogP contribution in [0.15, 0.2) is 24.3 Å². The highest BCUT2D eigenvalue weighted by Gasteiger charge is 2.33. The normalized spacial score (nSPS) is 22.7. The summed E-state index contributed by atoms with van der Waals surface area (Å²) >= 11 is 5.83. The Hall–Kier alpha value is -1.59. The molecule has 1 amide bonds. The SMILES string of the molecule is COC(=O)C1CC[NH+]([C@H](C)C(=O)Nc2ccc(Cl)cc2)CC1. The average molecular weight is 326 g/mol. The minimum atomic E-state index is -0.158. The minimum Gasteiger partial charge on any atom is -0.469 e. The number of amides is 1. The fourth-order valence-electron chi connectivity index (χ4n) is 2.79. The van der Waals surface area contributed by atoms with Gasteiger partial charge >= 0.3 is 5.97 Å². The molecule has 2 rings (SSSR count). The third kappa shape index (κ3) is 4.21. The molecule has 0 unspecified atom stereocenters. The maximum Gasteiger partial charge on any atom is 0.309 e. The lowest BCUT2D eigenvalue weighted by Gasteiger charge is -2.31. The molecule has 1 aliphatic rings. The lowest BCUT2D eigenvalue weighted by molar-refractivity contribution is -0.919. The number of quaternary nitrogens is 1. The van der Waals surface area contributed by atoms with Gasteiger partial charge in [-0.3, -0.25) is 9.59 Å². The molecule has 1 fully saturated rings. The fraction of sp³-hybridized carbons (Fsp3) is 0.500. The molecule has 1 atom stereocenters. The molecule has 0 aromatic heterocycles. The van der Waals surface area contributed by atoms with E-state index in [0.717, 1.165) is 31.6 Å². The van der Waals surface area contributed by atoms with E-state index < -0.39 is 0 Å². The van der Waals surface area contributed by atoms with Crippen LogP contribution in [0.4, 0.5) is 5.69 Å². The van der Waals surface area contributed by atoms with Gasteiger partial charge in [0.15, 0.2) is 6.04 Å². The molecule has 1 aliphatic heterocycles. The number of piperidine rings is 1. The maximum atomic E-state index is 12.3. The van der Waals surface area contributed by atoms with Crippen LogP contribution in [0, 0.1) is 5.92 Å². The van der Waals surface area contributed by atoms with Crippen LogP contribution in [-0.4, -0.2) is 38.1 Å². The lowest BCUT2D eigenvalue weighted by Crippen LogP contribution is -3.17. The third-order valence-corrected chi connectivity index (χ3v) is 4.53. The van der Waals surface area contributed by atoms with Crippen molar-refractivity contribution in [3.8, 4) is 0 Å². The second-order valence-corrected chi connectivity index (χ2v) is 6.11. The minimum absolute atomic E-state index is 0.0196. The summed E-state index contributed by atoms with van der Waals surface area (Å²) in [6.45, 7) is 3.52. The van der Waals surface area contributed by atoms with E-state index in [-0.39, 0.29) is 23.8 Å². The molecule has 0 bridgehead atoms. The number of hydrogen-bond donors (Lipinski definition) is 2. The Balaban J connectivity index is 1.86. The number of benzene rings is 1. The van der Waals surface area contributed by atoms with Crippen LogP contribution in [-0.2, 0) is 14.3 Å². The Morgan fingerprint density at radius 2 is 1.86 bits per heavy atom. The first kappa shape index (κ1) is 16.8. The summed E-state index contributed by atoms with van der Waals surface area (Å²) < 4.78 is 4.78. The average Bonchev–Trinajstić information content (AvgIpc) is 2.55. The molecule has 120 valence electrons. The second kappa shape index (κ2) is 7.61. The molecule has 0 spiro atoms. The van der Waals surface area contributed by atoms with Gasteiger partial charge in [0.25, 0.3) is 5.91 Å². The quantitative estimate of drug-likeness (QED) is 0.816. The van der Waals surface area contributed by atoms with Crippen molar-refractivity contribution in [2.75, 3.05) is 25.5 Å². The Bertz CT molecular complexity index is 525. The van der Waals surface area contributed by atoms with Crippen LogP contribution in [0.5, 0.6) is 0 Å². The highest BCUT2D eigenvalue weighted by molar-refractivity contribution is 6.30. The first-order chi connectivity index (χ1) is 10.5. The number of anilines is 1. The van der Waals surface area contributed by atoms with Crippen molar-refractivity contribution in [3.63, 3.8) is 0 Å². The van der Waals surface area contributed by atoms with Crippen molar-refractivity contribution in [2.24, 2.45) is 5.92 Å². The van der Waals surface area contributed by atoms with E-state index >= 15 is 0 Å². The molecule has 1 heterocycles. The van der Waals surface area contributed by atoms with E-state index in [1.807, 2.05) is 6.92 Å². The van der Waals surface area contributed by atoms with Crippen LogP contribution in [0.2, 0.25) is 5.02 Å². The molecule has 2 N–H and O–H groups in total. The van der Waals surface area contributed by atoms with Crippen LogP contribution in [0.1, 0.15) is 19.8 Å². The summed E-state index contributed by atoms with van der Waals surface area (Å²) in [5.74, 6) is -0.188. The number of hydrogen-bond acceptors (Lipinski definition) is 3. The predicted molar refractivity (Wildman–Crippen MR) is 85.0 cm³/mol. The number of likely N-dealkylation sites (tertiary alicyclic amines) is 1. The first-order valence-electron chi connectivity index (χ1n) is 7.50. The van der Waals surface area contributed by atoms with Gasteiger partial charge in [0.05, 0.1) is 26.1 Å². The van der Waals surface area contributed by atoms with Crippen LogP contribution >= 0.6 is 11.6 Å². The van der Waals surface area contributed by atoms with Crippen molar-refractivity contribution in [1.82, 2.24) is 0 Å².